The van der Waals surface area contributed by atoms with E-state index in [9.17, 15) is 23.3 Å². The van der Waals surface area contributed by atoms with Crippen LogP contribution >= 0.6 is 0 Å². The molecular formula is C14H20N2O6S. The van der Waals surface area contributed by atoms with Crippen molar-refractivity contribution in [3.8, 4) is 0 Å². The second kappa shape index (κ2) is 7.51. The summed E-state index contributed by atoms with van der Waals surface area (Å²) >= 11 is 0. The lowest BCUT2D eigenvalue weighted by Gasteiger charge is -2.19. The van der Waals surface area contributed by atoms with Gasteiger partial charge in [-0.05, 0) is 33.3 Å². The molecule has 0 amide bonds. The third-order valence-corrected chi connectivity index (χ3v) is 4.13. The predicted octanol–water partition coefficient (Wildman–Crippen LogP) is 2.00. The molecule has 0 aliphatic heterocycles. The molecule has 0 aromatic heterocycles. The molecule has 0 heterocycles. The molecule has 1 aromatic rings. The number of para-hydroxylation sites is 1. The smallest absolute Gasteiger partial charge is 0.306 e. The topological polar surface area (TPSA) is 116 Å². The first-order valence-corrected chi connectivity index (χ1v) is 8.46. The number of ether oxygens (including phenoxy) is 1. The molecule has 0 radical (unpaired) electrons. The molecule has 23 heavy (non-hydrogen) atoms. The van der Waals surface area contributed by atoms with E-state index < -0.39 is 37.1 Å². The van der Waals surface area contributed by atoms with Crippen molar-refractivity contribution in [1.82, 2.24) is 4.72 Å². The van der Waals surface area contributed by atoms with E-state index in [0.717, 1.165) is 12.1 Å². The summed E-state index contributed by atoms with van der Waals surface area (Å²) in [6, 6.07) is 5.07. The van der Waals surface area contributed by atoms with Gasteiger partial charge in [0.2, 0.25) is 10.0 Å². The first-order valence-electron chi connectivity index (χ1n) is 6.98. The number of sulfonamides is 1. The molecular weight excluding hydrogens is 324 g/mol. The Bertz CT molecular complexity index is 679. The quantitative estimate of drug-likeness (QED) is 0.350. The Morgan fingerprint density at radius 1 is 1.30 bits per heavy atom. The van der Waals surface area contributed by atoms with E-state index in [1.165, 1.54) is 12.1 Å². The van der Waals surface area contributed by atoms with Crippen molar-refractivity contribution in [2.75, 3.05) is 6.54 Å². The molecule has 0 spiro atoms. The molecule has 1 rings (SSSR count). The number of nitro benzene ring substituents is 1. The fraction of sp³-hybridized carbons (Fsp3) is 0.500. The van der Waals surface area contributed by atoms with Gasteiger partial charge in [-0.3, -0.25) is 14.9 Å². The van der Waals surface area contributed by atoms with Crippen LogP contribution < -0.4 is 4.72 Å². The van der Waals surface area contributed by atoms with Crippen molar-refractivity contribution < 1.29 is 22.9 Å². The highest BCUT2D eigenvalue weighted by molar-refractivity contribution is 7.89. The first-order chi connectivity index (χ1) is 10.5. The summed E-state index contributed by atoms with van der Waals surface area (Å²) in [5.74, 6) is -0.428. The number of nitro groups is 1. The number of hydrogen-bond acceptors (Lipinski definition) is 6. The van der Waals surface area contributed by atoms with Gasteiger partial charge in [-0.2, -0.15) is 0 Å². The van der Waals surface area contributed by atoms with Crippen LogP contribution in [0, 0.1) is 10.1 Å². The fourth-order valence-corrected chi connectivity index (χ4v) is 2.99. The maximum Gasteiger partial charge on any atom is 0.306 e. The van der Waals surface area contributed by atoms with Crippen LogP contribution in [-0.4, -0.2) is 31.5 Å². The number of carbonyl (C=O) groups excluding carboxylic acids is 1. The summed E-state index contributed by atoms with van der Waals surface area (Å²) in [5, 5.41) is 10.9. The van der Waals surface area contributed by atoms with Gasteiger partial charge in [0.1, 0.15) is 5.60 Å². The van der Waals surface area contributed by atoms with Crippen LogP contribution in [0.2, 0.25) is 0 Å². The SMILES string of the molecule is CC(C)(C)OC(=O)CCCNS(=O)(=O)c1ccccc1[N+](=O)[O-]. The van der Waals surface area contributed by atoms with Gasteiger partial charge in [0, 0.05) is 19.0 Å². The Morgan fingerprint density at radius 2 is 1.91 bits per heavy atom. The summed E-state index contributed by atoms with van der Waals surface area (Å²) in [7, 11) is -4.01. The van der Waals surface area contributed by atoms with Crippen molar-refractivity contribution in [3.05, 3.63) is 34.4 Å². The molecule has 0 unspecified atom stereocenters. The van der Waals surface area contributed by atoms with E-state index in [2.05, 4.69) is 4.72 Å². The molecule has 0 aliphatic rings. The van der Waals surface area contributed by atoms with Crippen molar-refractivity contribution in [2.45, 2.75) is 44.1 Å². The molecule has 1 N–H and O–H groups in total. The molecule has 0 saturated heterocycles. The van der Waals surface area contributed by atoms with E-state index in [4.69, 9.17) is 4.74 Å². The third-order valence-electron chi connectivity index (χ3n) is 2.62. The Hall–Kier alpha value is -2.00. The number of hydrogen-bond donors (Lipinski definition) is 1. The summed E-state index contributed by atoms with van der Waals surface area (Å²) in [4.78, 5) is 21.2. The van der Waals surface area contributed by atoms with Gasteiger partial charge in [0.05, 0.1) is 4.92 Å². The average molecular weight is 344 g/mol. The van der Waals surface area contributed by atoms with Crippen LogP contribution in [0.3, 0.4) is 0 Å². The number of rotatable bonds is 7. The maximum atomic E-state index is 12.1. The normalized spacial score (nSPS) is 12.0. The van der Waals surface area contributed by atoms with E-state index in [1.807, 2.05) is 0 Å². The Balaban J connectivity index is 2.61. The largest absolute Gasteiger partial charge is 0.460 e. The molecule has 0 fully saturated rings. The van der Waals surface area contributed by atoms with Crippen LogP contribution in [0.15, 0.2) is 29.2 Å². The highest BCUT2D eigenvalue weighted by atomic mass is 32.2. The van der Waals surface area contributed by atoms with Gasteiger partial charge in [-0.15, -0.1) is 0 Å². The zero-order chi connectivity index (χ0) is 17.7. The minimum absolute atomic E-state index is 0.0202. The first kappa shape index (κ1) is 19.0. The lowest BCUT2D eigenvalue weighted by Crippen LogP contribution is -2.27. The van der Waals surface area contributed by atoms with Gasteiger partial charge < -0.3 is 4.74 Å². The van der Waals surface area contributed by atoms with Crippen LogP contribution in [0.25, 0.3) is 0 Å². The van der Waals surface area contributed by atoms with Crippen LogP contribution in [-0.2, 0) is 19.6 Å². The summed E-state index contributed by atoms with van der Waals surface area (Å²) in [6.07, 6.45) is 0.283. The number of benzene rings is 1. The number of esters is 1. The summed E-state index contributed by atoms with van der Waals surface area (Å²) < 4.78 is 31.5. The third kappa shape index (κ3) is 6.33. The van der Waals surface area contributed by atoms with Crippen LogP contribution in [0.5, 0.6) is 0 Å². The van der Waals surface area contributed by atoms with Gasteiger partial charge in [0.25, 0.3) is 5.69 Å². The van der Waals surface area contributed by atoms with Crippen molar-refractivity contribution in [2.24, 2.45) is 0 Å². The highest BCUT2D eigenvalue weighted by Crippen LogP contribution is 2.22. The van der Waals surface area contributed by atoms with E-state index in [0.29, 0.717) is 0 Å². The second-order valence-corrected chi connectivity index (χ2v) is 7.55. The van der Waals surface area contributed by atoms with Gasteiger partial charge >= 0.3 is 5.97 Å². The fourth-order valence-electron chi connectivity index (χ4n) is 1.74. The molecule has 9 heteroatoms. The molecule has 0 saturated carbocycles. The van der Waals surface area contributed by atoms with Gasteiger partial charge in [0.15, 0.2) is 4.90 Å². The average Bonchev–Trinajstić information content (AvgIpc) is 2.42. The monoisotopic (exact) mass is 344 g/mol. The predicted molar refractivity (Wildman–Crippen MR) is 83.4 cm³/mol. The zero-order valence-electron chi connectivity index (χ0n) is 13.2. The molecule has 0 aliphatic carbocycles. The number of nitrogens with zero attached hydrogens (tertiary/aromatic N) is 1. The van der Waals surface area contributed by atoms with E-state index >= 15 is 0 Å². The maximum absolute atomic E-state index is 12.1. The summed E-state index contributed by atoms with van der Waals surface area (Å²) in [6.45, 7) is 5.19. The van der Waals surface area contributed by atoms with Crippen molar-refractivity contribution in [3.63, 3.8) is 0 Å². The summed E-state index contributed by atoms with van der Waals surface area (Å²) in [5.41, 5.74) is -1.09. The minimum atomic E-state index is -4.01. The highest BCUT2D eigenvalue weighted by Gasteiger charge is 2.24. The molecule has 0 atom stereocenters. The lowest BCUT2D eigenvalue weighted by atomic mass is 10.2. The van der Waals surface area contributed by atoms with E-state index in [-0.39, 0.29) is 19.4 Å². The van der Waals surface area contributed by atoms with Gasteiger partial charge in [-0.25, -0.2) is 13.1 Å². The van der Waals surface area contributed by atoms with Gasteiger partial charge in [-0.1, -0.05) is 12.1 Å². The van der Waals surface area contributed by atoms with Crippen LogP contribution in [0.1, 0.15) is 33.6 Å². The van der Waals surface area contributed by atoms with Crippen molar-refractivity contribution in [1.29, 1.82) is 0 Å². The Morgan fingerprint density at radius 3 is 2.48 bits per heavy atom. The molecule has 1 aromatic carbocycles. The number of nitrogens with one attached hydrogen (secondary N) is 1. The number of carbonyl (C=O) groups is 1. The standard InChI is InChI=1S/C14H20N2O6S/c1-14(2,3)22-13(17)9-6-10-15-23(20,21)12-8-5-4-7-11(12)16(18)19/h4-5,7-8,15H,6,9-10H2,1-3H3. The molecule has 128 valence electrons. The van der Waals surface area contributed by atoms with E-state index in [1.54, 1.807) is 20.8 Å². The zero-order valence-corrected chi connectivity index (χ0v) is 14.1. The Labute approximate surface area is 135 Å². The van der Waals surface area contributed by atoms with Crippen molar-refractivity contribution >= 4 is 21.7 Å². The molecule has 0 bridgehead atoms. The van der Waals surface area contributed by atoms with Crippen LogP contribution in [0.4, 0.5) is 5.69 Å². The lowest BCUT2D eigenvalue weighted by molar-refractivity contribution is -0.387. The second-order valence-electron chi connectivity index (χ2n) is 5.81. The Kier molecular flexibility index (Phi) is 6.22. The minimum Gasteiger partial charge on any atom is -0.460 e. The molecule has 8 nitrogen and oxygen atoms in total.